The van der Waals surface area contributed by atoms with E-state index < -0.39 is 12.1 Å². The molecule has 0 saturated heterocycles. The Balaban J connectivity index is 1.32. The number of carbonyl (C=O) groups is 2. The molecule has 0 atom stereocenters. The van der Waals surface area contributed by atoms with Crippen molar-refractivity contribution in [2.45, 2.75) is 19.6 Å². The van der Waals surface area contributed by atoms with Crippen LogP contribution in [-0.4, -0.2) is 52.9 Å². The van der Waals surface area contributed by atoms with Crippen LogP contribution in [0.3, 0.4) is 0 Å². The number of hydrogen-bond donors (Lipinski definition) is 1. The van der Waals surface area contributed by atoms with Crippen LogP contribution in [0, 0.1) is 5.82 Å². The van der Waals surface area contributed by atoms with E-state index in [0.29, 0.717) is 32.6 Å². The summed E-state index contributed by atoms with van der Waals surface area (Å²) >= 11 is 0. The number of aromatic carboxylic acids is 1. The molecule has 4 rings (SSSR count). The van der Waals surface area contributed by atoms with Crippen LogP contribution in [0.1, 0.15) is 27.9 Å². The van der Waals surface area contributed by atoms with Crippen molar-refractivity contribution in [1.82, 2.24) is 9.80 Å². The van der Waals surface area contributed by atoms with Crippen LogP contribution in [0.4, 0.5) is 9.18 Å². The van der Waals surface area contributed by atoms with E-state index in [1.165, 1.54) is 12.1 Å². The average molecular weight is 423 g/mol. The number of carbonyl (C=O) groups excluding carboxylic acids is 1. The molecule has 0 aliphatic carbocycles. The van der Waals surface area contributed by atoms with Crippen molar-refractivity contribution in [3.63, 3.8) is 0 Å². The molecule has 0 fully saturated rings. The summed E-state index contributed by atoms with van der Waals surface area (Å²) in [5.74, 6) is -1.28. The Labute approximate surface area is 179 Å². The van der Waals surface area contributed by atoms with Gasteiger partial charge in [-0.3, -0.25) is 0 Å². The molecule has 0 saturated carbocycles. The Hall–Kier alpha value is -3.68. The lowest BCUT2D eigenvalue weighted by atomic mass is 10.0. The molecule has 1 amide bonds. The first kappa shape index (κ1) is 20.6. The first-order valence-electron chi connectivity index (χ1n) is 9.95. The highest BCUT2D eigenvalue weighted by Crippen LogP contribution is 2.24. The van der Waals surface area contributed by atoms with Gasteiger partial charge < -0.3 is 19.6 Å². The fourth-order valence-electron chi connectivity index (χ4n) is 3.61. The minimum absolute atomic E-state index is 0.0954. The average Bonchev–Trinajstić information content (AvgIpc) is 2.78. The van der Waals surface area contributed by atoms with E-state index in [1.807, 2.05) is 4.90 Å². The highest BCUT2D eigenvalue weighted by Gasteiger charge is 2.26. The van der Waals surface area contributed by atoms with E-state index in [2.05, 4.69) is 4.99 Å². The van der Waals surface area contributed by atoms with Crippen LogP contribution in [0.25, 0.3) is 0 Å². The molecule has 0 aromatic heterocycles. The van der Waals surface area contributed by atoms with Gasteiger partial charge >= 0.3 is 12.1 Å². The molecule has 0 radical (unpaired) electrons. The van der Waals surface area contributed by atoms with Gasteiger partial charge in [0.1, 0.15) is 12.4 Å². The highest BCUT2D eigenvalue weighted by atomic mass is 19.1. The van der Waals surface area contributed by atoms with Crippen molar-refractivity contribution < 1.29 is 23.8 Å². The zero-order valence-electron chi connectivity index (χ0n) is 16.8. The maximum Gasteiger partial charge on any atom is 0.410 e. The summed E-state index contributed by atoms with van der Waals surface area (Å²) in [4.78, 5) is 31.7. The van der Waals surface area contributed by atoms with Crippen LogP contribution in [0.5, 0.6) is 0 Å². The first-order valence-corrected chi connectivity index (χ1v) is 9.95. The minimum Gasteiger partial charge on any atom is -0.478 e. The summed E-state index contributed by atoms with van der Waals surface area (Å²) in [6.45, 7) is 2.31. The summed E-state index contributed by atoms with van der Waals surface area (Å²) in [6.07, 6.45) is 2.06. The molecule has 2 aromatic carbocycles. The maximum atomic E-state index is 13.0. The second-order valence-corrected chi connectivity index (χ2v) is 7.55. The van der Waals surface area contributed by atoms with Gasteiger partial charge in [-0.2, -0.15) is 0 Å². The van der Waals surface area contributed by atoms with Gasteiger partial charge in [0.15, 0.2) is 0 Å². The molecule has 1 N–H and O–H groups in total. The number of ether oxygens (including phenoxy) is 1. The lowest BCUT2D eigenvalue weighted by Gasteiger charge is -2.34. The Kier molecular flexibility index (Phi) is 5.97. The normalized spacial score (nSPS) is 15.6. The number of carboxylic acid groups (broad SMARTS) is 1. The van der Waals surface area contributed by atoms with Crippen LogP contribution in [0.15, 0.2) is 64.8 Å². The maximum absolute atomic E-state index is 13.0. The number of aliphatic imine (C=N–C) groups is 1. The fourth-order valence-corrected chi connectivity index (χ4v) is 3.61. The van der Waals surface area contributed by atoms with Crippen LogP contribution >= 0.6 is 0 Å². The molecule has 7 nitrogen and oxygen atoms in total. The lowest BCUT2D eigenvalue weighted by molar-refractivity contribution is 0.0696. The molecule has 2 aromatic rings. The van der Waals surface area contributed by atoms with Gasteiger partial charge in [-0.15, -0.1) is 0 Å². The van der Waals surface area contributed by atoms with Gasteiger partial charge in [0, 0.05) is 38.3 Å². The quantitative estimate of drug-likeness (QED) is 0.794. The fraction of sp³-hybridized carbons (Fsp3) is 0.261. The van der Waals surface area contributed by atoms with Crippen molar-refractivity contribution >= 4 is 18.4 Å². The first-order chi connectivity index (χ1) is 15.0. The smallest absolute Gasteiger partial charge is 0.410 e. The van der Waals surface area contributed by atoms with Crippen molar-refractivity contribution in [2.75, 3.05) is 19.6 Å². The van der Waals surface area contributed by atoms with Crippen molar-refractivity contribution in [3.8, 4) is 0 Å². The van der Waals surface area contributed by atoms with E-state index in [9.17, 15) is 14.0 Å². The van der Waals surface area contributed by atoms with Gasteiger partial charge in [-0.25, -0.2) is 19.0 Å². The summed E-state index contributed by atoms with van der Waals surface area (Å²) < 4.78 is 18.4. The standard InChI is InChI=1S/C23H22FN3O4/c24-20-7-3-17(4-8-20)14-31-23(30)27-10-9-21-19(13-27)12-26(15-25-21)11-16-1-5-18(6-2-16)22(28)29/h1-8,15H,9-14H2,(H,28,29). The van der Waals surface area contributed by atoms with Gasteiger partial charge in [-0.1, -0.05) is 24.3 Å². The van der Waals surface area contributed by atoms with E-state index in [4.69, 9.17) is 9.84 Å². The molecule has 160 valence electrons. The third-order valence-electron chi connectivity index (χ3n) is 5.30. The minimum atomic E-state index is -0.950. The molecule has 0 unspecified atom stereocenters. The molecule has 8 heteroatoms. The highest BCUT2D eigenvalue weighted by molar-refractivity contribution is 5.87. The summed E-state index contributed by atoms with van der Waals surface area (Å²) in [7, 11) is 0. The SMILES string of the molecule is O=C(O)c1ccc(CN2C=NC3=C(C2)CN(C(=O)OCc2ccc(F)cc2)CC3)cc1. The topological polar surface area (TPSA) is 82.4 Å². The van der Waals surface area contributed by atoms with E-state index in [-0.39, 0.29) is 18.0 Å². The van der Waals surface area contributed by atoms with Crippen LogP contribution < -0.4 is 0 Å². The second kappa shape index (κ2) is 8.99. The van der Waals surface area contributed by atoms with Crippen LogP contribution in [-0.2, 0) is 17.9 Å². The Morgan fingerprint density at radius 1 is 1.03 bits per heavy atom. The monoisotopic (exact) mass is 423 g/mol. The Bertz CT molecular complexity index is 1030. The van der Waals surface area contributed by atoms with Gasteiger partial charge in [0.05, 0.1) is 11.9 Å². The number of nitrogens with zero attached hydrogens (tertiary/aromatic N) is 3. The van der Waals surface area contributed by atoms with Gasteiger partial charge in [0.25, 0.3) is 0 Å². The molecule has 31 heavy (non-hydrogen) atoms. The zero-order chi connectivity index (χ0) is 21.8. The number of benzene rings is 2. The molecule has 2 aliphatic heterocycles. The van der Waals surface area contributed by atoms with Crippen molar-refractivity contribution in [1.29, 1.82) is 0 Å². The van der Waals surface area contributed by atoms with E-state index in [1.54, 1.807) is 47.6 Å². The van der Waals surface area contributed by atoms with Gasteiger partial charge in [-0.05, 0) is 41.0 Å². The van der Waals surface area contributed by atoms with Crippen molar-refractivity contribution in [2.24, 2.45) is 4.99 Å². The predicted molar refractivity (Wildman–Crippen MR) is 112 cm³/mol. The van der Waals surface area contributed by atoms with Gasteiger partial charge in [0.2, 0.25) is 0 Å². The Morgan fingerprint density at radius 2 is 1.74 bits per heavy atom. The molecular formula is C23H22FN3O4. The predicted octanol–water partition coefficient (Wildman–Crippen LogP) is 3.66. The number of hydrogen-bond acceptors (Lipinski definition) is 5. The molecule has 0 spiro atoms. The summed E-state index contributed by atoms with van der Waals surface area (Å²) in [5.41, 5.74) is 4.03. The number of amides is 1. The largest absolute Gasteiger partial charge is 0.478 e. The molecular weight excluding hydrogens is 401 g/mol. The van der Waals surface area contributed by atoms with Crippen LogP contribution in [0.2, 0.25) is 0 Å². The summed E-state index contributed by atoms with van der Waals surface area (Å²) in [5, 5.41) is 9.01. The summed E-state index contributed by atoms with van der Waals surface area (Å²) in [6, 6.07) is 12.6. The molecule has 0 bridgehead atoms. The zero-order valence-corrected chi connectivity index (χ0v) is 16.8. The number of carboxylic acids is 1. The third kappa shape index (κ3) is 5.09. The third-order valence-corrected chi connectivity index (χ3v) is 5.30. The van der Waals surface area contributed by atoms with E-state index >= 15 is 0 Å². The van der Waals surface area contributed by atoms with Crippen molar-refractivity contribution in [3.05, 3.63) is 82.3 Å². The number of rotatable bonds is 5. The second-order valence-electron chi connectivity index (χ2n) is 7.55. The Morgan fingerprint density at radius 3 is 2.45 bits per heavy atom. The van der Waals surface area contributed by atoms with E-state index in [0.717, 1.165) is 22.4 Å². The molecule has 2 aliphatic rings. The number of halogens is 1. The lowest BCUT2D eigenvalue weighted by Crippen LogP contribution is -2.41. The molecule has 2 heterocycles.